The molecule has 1 fully saturated rings. The fourth-order valence-electron chi connectivity index (χ4n) is 2.67. The van der Waals surface area contributed by atoms with Gasteiger partial charge in [-0.05, 0) is 37.0 Å². The van der Waals surface area contributed by atoms with Gasteiger partial charge in [0.1, 0.15) is 0 Å². The lowest BCUT2D eigenvalue weighted by molar-refractivity contribution is -0.138. The average Bonchev–Trinajstić information content (AvgIpc) is 2.45. The van der Waals surface area contributed by atoms with Gasteiger partial charge in [0.15, 0.2) is 0 Å². The molecule has 5 heteroatoms. The summed E-state index contributed by atoms with van der Waals surface area (Å²) in [6.07, 6.45) is -1.11. The Morgan fingerprint density at radius 2 is 1.90 bits per heavy atom. The monoisotopic (exact) mass is 285 g/mol. The van der Waals surface area contributed by atoms with Crippen LogP contribution in [0.4, 0.5) is 13.2 Å². The minimum atomic E-state index is -4.32. The van der Waals surface area contributed by atoms with Crippen molar-refractivity contribution in [3.63, 3.8) is 0 Å². The Hall–Kier alpha value is -1.52. The molecule has 0 N–H and O–H groups in total. The molecule has 1 saturated heterocycles. The van der Waals surface area contributed by atoms with Crippen LogP contribution in [0.15, 0.2) is 24.3 Å². The molecule has 0 radical (unpaired) electrons. The van der Waals surface area contributed by atoms with Crippen LogP contribution in [0.2, 0.25) is 0 Å². The Bertz CT molecular complexity index is 467. The van der Waals surface area contributed by atoms with Crippen molar-refractivity contribution in [3.05, 3.63) is 35.4 Å². The van der Waals surface area contributed by atoms with Crippen molar-refractivity contribution in [1.82, 2.24) is 4.90 Å². The third-order valence-electron chi connectivity index (χ3n) is 3.75. The van der Waals surface area contributed by atoms with Gasteiger partial charge in [-0.3, -0.25) is 4.79 Å². The molecule has 1 aromatic carbocycles. The van der Waals surface area contributed by atoms with Gasteiger partial charge in [-0.2, -0.15) is 13.2 Å². The number of alkyl halides is 3. The lowest BCUT2D eigenvalue weighted by atomic mass is 9.94. The number of benzene rings is 1. The molecule has 0 saturated carbocycles. The molecule has 1 aliphatic rings. The number of nitrogens with zero attached hydrogens (tertiary/aromatic N) is 1. The van der Waals surface area contributed by atoms with Crippen LogP contribution < -0.4 is 0 Å². The number of piperidine rings is 1. The van der Waals surface area contributed by atoms with Gasteiger partial charge in [-0.15, -0.1) is 0 Å². The maximum Gasteiger partial charge on any atom is 0.416 e. The fraction of sp³-hybridized carbons (Fsp3) is 0.533. The molecule has 0 spiro atoms. The maximum atomic E-state index is 12.6. The van der Waals surface area contributed by atoms with Crippen LogP contribution in [0.3, 0.4) is 0 Å². The standard InChI is InChI=1S/C15H18F3NO/c1-2-14(20)19-10-4-3-5-13(19)11-6-8-12(9-7-11)15(16,17)18/h6-9,13H,2-5,10H2,1H3. The normalized spacial score (nSPS) is 20.0. The summed E-state index contributed by atoms with van der Waals surface area (Å²) in [4.78, 5) is 13.7. The molecule has 20 heavy (non-hydrogen) atoms. The first kappa shape index (κ1) is 14.9. The summed E-state index contributed by atoms with van der Waals surface area (Å²) >= 11 is 0. The van der Waals surface area contributed by atoms with E-state index in [0.717, 1.165) is 37.0 Å². The molecule has 0 aromatic heterocycles. The summed E-state index contributed by atoms with van der Waals surface area (Å²) in [6.45, 7) is 2.50. The average molecular weight is 285 g/mol. The van der Waals surface area contributed by atoms with E-state index in [-0.39, 0.29) is 11.9 Å². The van der Waals surface area contributed by atoms with Gasteiger partial charge in [0.25, 0.3) is 0 Å². The predicted molar refractivity (Wildman–Crippen MR) is 70.0 cm³/mol. The first-order valence-electron chi connectivity index (χ1n) is 6.90. The van der Waals surface area contributed by atoms with Crippen molar-refractivity contribution >= 4 is 5.91 Å². The van der Waals surface area contributed by atoms with Crippen molar-refractivity contribution in [2.45, 2.75) is 44.8 Å². The largest absolute Gasteiger partial charge is 0.416 e. The lowest BCUT2D eigenvalue weighted by Crippen LogP contribution is -2.38. The molecule has 1 aliphatic heterocycles. The molecule has 2 nitrogen and oxygen atoms in total. The van der Waals surface area contributed by atoms with E-state index in [1.54, 1.807) is 11.8 Å². The third-order valence-corrected chi connectivity index (χ3v) is 3.75. The number of likely N-dealkylation sites (tertiary alicyclic amines) is 1. The second-order valence-corrected chi connectivity index (χ2v) is 5.07. The Balaban J connectivity index is 2.22. The number of amides is 1. The molecule has 1 aromatic rings. The molecule has 110 valence electrons. The van der Waals surface area contributed by atoms with Crippen molar-refractivity contribution < 1.29 is 18.0 Å². The van der Waals surface area contributed by atoms with Gasteiger partial charge >= 0.3 is 6.18 Å². The van der Waals surface area contributed by atoms with Crippen LogP contribution in [0, 0.1) is 0 Å². The molecule has 2 rings (SSSR count). The van der Waals surface area contributed by atoms with Gasteiger partial charge in [-0.1, -0.05) is 19.1 Å². The third kappa shape index (κ3) is 3.14. The zero-order valence-corrected chi connectivity index (χ0v) is 11.4. The van der Waals surface area contributed by atoms with Crippen LogP contribution in [-0.2, 0) is 11.0 Å². The molecule has 1 atom stereocenters. The number of halogens is 3. The van der Waals surface area contributed by atoms with E-state index < -0.39 is 11.7 Å². The van der Waals surface area contributed by atoms with Crippen molar-refractivity contribution in [1.29, 1.82) is 0 Å². The minimum absolute atomic E-state index is 0.0644. The smallest absolute Gasteiger partial charge is 0.336 e. The molecule has 1 amide bonds. The van der Waals surface area contributed by atoms with Crippen LogP contribution >= 0.6 is 0 Å². The van der Waals surface area contributed by atoms with E-state index in [1.807, 2.05) is 0 Å². The summed E-state index contributed by atoms with van der Waals surface area (Å²) in [5.74, 6) is 0.0644. The topological polar surface area (TPSA) is 20.3 Å². The Morgan fingerprint density at radius 1 is 1.25 bits per heavy atom. The first-order valence-corrected chi connectivity index (χ1v) is 6.90. The summed E-state index contributed by atoms with van der Waals surface area (Å²) in [6, 6.07) is 5.10. The highest BCUT2D eigenvalue weighted by atomic mass is 19.4. The quantitative estimate of drug-likeness (QED) is 0.798. The molecular weight excluding hydrogens is 267 g/mol. The summed E-state index contributed by atoms with van der Waals surface area (Å²) in [7, 11) is 0. The second-order valence-electron chi connectivity index (χ2n) is 5.07. The van der Waals surface area contributed by atoms with Gasteiger partial charge in [-0.25, -0.2) is 0 Å². The number of hydrogen-bond acceptors (Lipinski definition) is 1. The van der Waals surface area contributed by atoms with Gasteiger partial charge in [0, 0.05) is 13.0 Å². The van der Waals surface area contributed by atoms with Crippen LogP contribution in [-0.4, -0.2) is 17.4 Å². The molecule has 0 bridgehead atoms. The summed E-state index contributed by atoms with van der Waals surface area (Å²) < 4.78 is 37.7. The zero-order valence-electron chi connectivity index (χ0n) is 11.4. The van der Waals surface area contributed by atoms with E-state index in [2.05, 4.69) is 0 Å². The molecule has 0 aliphatic carbocycles. The van der Waals surface area contributed by atoms with E-state index in [9.17, 15) is 18.0 Å². The Kier molecular flexibility index (Phi) is 4.35. The summed E-state index contributed by atoms with van der Waals surface area (Å²) in [5.41, 5.74) is 0.143. The lowest BCUT2D eigenvalue weighted by Gasteiger charge is -2.36. The predicted octanol–water partition coefficient (Wildman–Crippen LogP) is 4.17. The highest BCUT2D eigenvalue weighted by Crippen LogP contribution is 2.34. The van der Waals surface area contributed by atoms with Crippen LogP contribution in [0.5, 0.6) is 0 Å². The number of rotatable bonds is 2. The highest BCUT2D eigenvalue weighted by Gasteiger charge is 2.31. The van der Waals surface area contributed by atoms with Crippen molar-refractivity contribution in [2.24, 2.45) is 0 Å². The fourth-order valence-corrected chi connectivity index (χ4v) is 2.67. The van der Waals surface area contributed by atoms with Gasteiger partial charge in [0.05, 0.1) is 11.6 Å². The summed E-state index contributed by atoms with van der Waals surface area (Å²) in [5, 5.41) is 0. The zero-order chi connectivity index (χ0) is 14.8. The first-order chi connectivity index (χ1) is 9.43. The maximum absolute atomic E-state index is 12.6. The van der Waals surface area contributed by atoms with E-state index in [4.69, 9.17) is 0 Å². The van der Waals surface area contributed by atoms with E-state index in [0.29, 0.717) is 13.0 Å². The molecule has 1 unspecified atom stereocenters. The van der Waals surface area contributed by atoms with Gasteiger partial charge in [0.2, 0.25) is 5.91 Å². The molecular formula is C15H18F3NO. The Labute approximate surface area is 116 Å². The Morgan fingerprint density at radius 3 is 2.45 bits per heavy atom. The van der Waals surface area contributed by atoms with Gasteiger partial charge < -0.3 is 4.90 Å². The minimum Gasteiger partial charge on any atom is -0.336 e. The SMILES string of the molecule is CCC(=O)N1CCCCC1c1ccc(C(F)(F)F)cc1. The van der Waals surface area contributed by atoms with Crippen molar-refractivity contribution in [3.8, 4) is 0 Å². The van der Waals surface area contributed by atoms with Crippen LogP contribution in [0.25, 0.3) is 0 Å². The number of carbonyl (C=O) groups excluding carboxylic acids is 1. The van der Waals surface area contributed by atoms with E-state index in [1.165, 1.54) is 12.1 Å². The second kappa shape index (κ2) is 5.85. The molecule has 1 heterocycles. The van der Waals surface area contributed by atoms with Crippen molar-refractivity contribution in [2.75, 3.05) is 6.54 Å². The van der Waals surface area contributed by atoms with E-state index >= 15 is 0 Å². The highest BCUT2D eigenvalue weighted by molar-refractivity contribution is 5.76. The van der Waals surface area contributed by atoms with Crippen LogP contribution in [0.1, 0.15) is 49.8 Å². The number of hydrogen-bond donors (Lipinski definition) is 0. The number of carbonyl (C=O) groups is 1.